The van der Waals surface area contributed by atoms with Gasteiger partial charge < -0.3 is 15.4 Å². The zero-order valence-corrected chi connectivity index (χ0v) is 25.1. The van der Waals surface area contributed by atoms with Gasteiger partial charge in [-0.1, -0.05) is 36.7 Å². The fourth-order valence-electron chi connectivity index (χ4n) is 3.14. The van der Waals surface area contributed by atoms with Crippen LogP contribution in [0.3, 0.4) is 0 Å². The third-order valence-electron chi connectivity index (χ3n) is 5.87. The van der Waals surface area contributed by atoms with Crippen LogP contribution in [0.2, 0.25) is 5.02 Å². The van der Waals surface area contributed by atoms with Gasteiger partial charge in [0.1, 0.15) is 28.4 Å². The number of aromatic nitrogens is 2. The summed E-state index contributed by atoms with van der Waals surface area (Å²) < 4.78 is 26.9. The molecule has 3 aromatic rings. The molecule has 0 fully saturated rings. The predicted octanol–water partition coefficient (Wildman–Crippen LogP) is 6.65. The number of hydrogen-bond donors (Lipinski definition) is 2. The summed E-state index contributed by atoms with van der Waals surface area (Å²) in [6, 6.07) is 13.4. The Morgan fingerprint density at radius 3 is 2.44 bits per heavy atom. The molecule has 0 spiro atoms. The molecule has 0 bridgehead atoms. The van der Waals surface area contributed by atoms with Gasteiger partial charge in [0.05, 0.1) is 10.7 Å². The molecular weight excluding hydrogens is 536 g/mol. The van der Waals surface area contributed by atoms with E-state index in [1.54, 1.807) is 6.33 Å². The van der Waals surface area contributed by atoms with E-state index in [1.807, 2.05) is 82.3 Å². The molecule has 8 nitrogen and oxygen atoms in total. The standard InChI is InChI=1S/C21H20ClN3O.C8H17NO3S/c1-4-6-19-15(3)21(24-13-23-19)25-16-9-10-20(18(22)12-16)26-17-8-5-7-14(2)11-17;1-5-6-9-7(10)8(2,3)13(4,11)12/h4-13H,1-3H3,(H,23,24,25);5-6H2,1-4H3,(H,9,10)/b6-4-;. The van der Waals surface area contributed by atoms with Crippen LogP contribution in [0.15, 0.2) is 54.9 Å². The molecule has 0 aliphatic heterocycles. The normalized spacial score (nSPS) is 11.5. The zero-order chi connectivity index (χ0) is 29.2. The van der Waals surface area contributed by atoms with Gasteiger partial charge in [-0.05, 0) is 83.0 Å². The number of anilines is 2. The molecule has 0 aliphatic carbocycles. The van der Waals surface area contributed by atoms with Crippen molar-refractivity contribution in [2.75, 3.05) is 18.1 Å². The second-order valence-corrected chi connectivity index (χ2v) is 12.4. The lowest BCUT2D eigenvalue weighted by molar-refractivity contribution is -0.122. The Bertz CT molecular complexity index is 1420. The second-order valence-electron chi connectivity index (χ2n) is 9.46. The van der Waals surface area contributed by atoms with Crippen LogP contribution < -0.4 is 15.4 Å². The average Bonchev–Trinajstić information content (AvgIpc) is 2.86. The number of amides is 1. The Morgan fingerprint density at radius 2 is 1.85 bits per heavy atom. The summed E-state index contributed by atoms with van der Waals surface area (Å²) in [7, 11) is -3.34. The highest BCUT2D eigenvalue weighted by atomic mass is 35.5. The fourth-order valence-corrected chi connectivity index (χ4v) is 3.77. The predicted molar refractivity (Wildman–Crippen MR) is 160 cm³/mol. The number of benzene rings is 2. The van der Waals surface area contributed by atoms with Crippen molar-refractivity contribution < 1.29 is 17.9 Å². The van der Waals surface area contributed by atoms with E-state index < -0.39 is 20.5 Å². The highest BCUT2D eigenvalue weighted by Crippen LogP contribution is 2.33. The summed E-state index contributed by atoms with van der Waals surface area (Å²) in [4.78, 5) is 20.0. The number of halogens is 1. The van der Waals surface area contributed by atoms with E-state index in [4.69, 9.17) is 16.3 Å². The lowest BCUT2D eigenvalue weighted by Gasteiger charge is -2.21. The van der Waals surface area contributed by atoms with E-state index in [2.05, 4.69) is 20.6 Å². The molecule has 3 rings (SSSR count). The number of hydrogen-bond acceptors (Lipinski definition) is 7. The van der Waals surface area contributed by atoms with Gasteiger partial charge in [-0.25, -0.2) is 18.4 Å². The van der Waals surface area contributed by atoms with E-state index >= 15 is 0 Å². The van der Waals surface area contributed by atoms with Crippen LogP contribution in [0.1, 0.15) is 50.9 Å². The maximum atomic E-state index is 11.4. The monoisotopic (exact) mass is 572 g/mol. The van der Waals surface area contributed by atoms with Gasteiger partial charge in [0.2, 0.25) is 5.91 Å². The maximum Gasteiger partial charge on any atom is 0.240 e. The van der Waals surface area contributed by atoms with Gasteiger partial charge >= 0.3 is 0 Å². The maximum absolute atomic E-state index is 11.4. The molecule has 39 heavy (non-hydrogen) atoms. The quantitative estimate of drug-likeness (QED) is 0.295. The molecular formula is C29H37ClN4O4S. The SMILES string of the molecule is C/C=C\c1ncnc(Nc2ccc(Oc3cccc(C)c3)c(Cl)c2)c1C.CCCNC(=O)C(C)(C)S(C)(=O)=O. The highest BCUT2D eigenvalue weighted by molar-refractivity contribution is 7.92. The summed E-state index contributed by atoms with van der Waals surface area (Å²) >= 11 is 6.40. The topological polar surface area (TPSA) is 110 Å². The number of allylic oxidation sites excluding steroid dienone is 1. The minimum Gasteiger partial charge on any atom is -0.456 e. The van der Waals surface area contributed by atoms with E-state index in [-0.39, 0.29) is 0 Å². The molecule has 10 heteroatoms. The number of aryl methyl sites for hydroxylation is 1. The van der Waals surface area contributed by atoms with Crippen LogP contribution in [0.4, 0.5) is 11.5 Å². The third-order valence-corrected chi connectivity index (χ3v) is 8.20. The van der Waals surface area contributed by atoms with Crippen LogP contribution in [0.5, 0.6) is 11.5 Å². The average molecular weight is 573 g/mol. The van der Waals surface area contributed by atoms with Gasteiger partial charge in [-0.3, -0.25) is 4.79 Å². The van der Waals surface area contributed by atoms with Gasteiger partial charge in [0.15, 0.2) is 9.84 Å². The first-order valence-corrected chi connectivity index (χ1v) is 14.8. The Labute approximate surface area is 236 Å². The minimum atomic E-state index is -3.34. The number of rotatable bonds is 9. The van der Waals surface area contributed by atoms with Gasteiger partial charge in [-0.15, -0.1) is 0 Å². The van der Waals surface area contributed by atoms with E-state index in [1.165, 1.54) is 13.8 Å². The van der Waals surface area contributed by atoms with Crippen LogP contribution in [0, 0.1) is 13.8 Å². The Balaban J connectivity index is 0.000000349. The molecule has 1 aromatic heterocycles. The molecule has 2 N–H and O–H groups in total. The summed E-state index contributed by atoms with van der Waals surface area (Å²) in [6.45, 7) is 11.2. The van der Waals surface area contributed by atoms with E-state index in [0.717, 1.165) is 46.8 Å². The summed E-state index contributed by atoms with van der Waals surface area (Å²) in [5, 5.41) is 6.37. The van der Waals surface area contributed by atoms with Crippen molar-refractivity contribution in [2.24, 2.45) is 0 Å². The van der Waals surface area contributed by atoms with Crippen LogP contribution in [-0.4, -0.2) is 41.8 Å². The van der Waals surface area contributed by atoms with Crippen LogP contribution >= 0.6 is 11.6 Å². The Kier molecular flexibility index (Phi) is 11.5. The van der Waals surface area contributed by atoms with Gasteiger partial charge in [-0.2, -0.15) is 0 Å². The second kappa shape index (κ2) is 14.1. The van der Waals surface area contributed by atoms with Crippen LogP contribution in [0.25, 0.3) is 6.08 Å². The highest BCUT2D eigenvalue weighted by Gasteiger charge is 2.37. The first kappa shape index (κ1) is 31.8. The van der Waals surface area contributed by atoms with E-state index in [9.17, 15) is 13.2 Å². The minimum absolute atomic E-state index is 0.433. The van der Waals surface area contributed by atoms with Crippen molar-refractivity contribution in [3.63, 3.8) is 0 Å². The summed E-state index contributed by atoms with van der Waals surface area (Å²) in [6.07, 6.45) is 7.31. The largest absolute Gasteiger partial charge is 0.456 e. The molecule has 210 valence electrons. The molecule has 1 amide bonds. The first-order chi connectivity index (χ1) is 18.3. The summed E-state index contributed by atoms with van der Waals surface area (Å²) in [5.41, 5.74) is 3.82. The number of nitrogens with one attached hydrogen (secondary N) is 2. The molecule has 0 radical (unpaired) electrons. The Hall–Kier alpha value is -3.43. The lowest BCUT2D eigenvalue weighted by atomic mass is 10.2. The number of ether oxygens (including phenoxy) is 1. The van der Waals surface area contributed by atoms with Crippen LogP contribution in [-0.2, 0) is 14.6 Å². The molecule has 1 heterocycles. The van der Waals surface area contributed by atoms with Crippen molar-refractivity contribution >= 4 is 44.9 Å². The first-order valence-electron chi connectivity index (χ1n) is 12.5. The third kappa shape index (κ3) is 9.07. The molecule has 0 atom stereocenters. The zero-order valence-electron chi connectivity index (χ0n) is 23.5. The number of carbonyl (C=O) groups is 1. The van der Waals surface area contributed by atoms with Gasteiger partial charge in [0.25, 0.3) is 0 Å². The molecule has 2 aromatic carbocycles. The number of carbonyl (C=O) groups excluding carboxylic acids is 1. The molecule has 0 saturated heterocycles. The van der Waals surface area contributed by atoms with Gasteiger partial charge in [0, 0.05) is 24.1 Å². The summed E-state index contributed by atoms with van der Waals surface area (Å²) in [5.74, 6) is 1.68. The van der Waals surface area contributed by atoms with Crippen molar-refractivity contribution in [2.45, 2.75) is 52.7 Å². The van der Waals surface area contributed by atoms with Crippen molar-refractivity contribution in [3.8, 4) is 11.5 Å². The molecule has 0 aliphatic rings. The lowest BCUT2D eigenvalue weighted by Crippen LogP contribution is -2.47. The number of sulfone groups is 1. The number of nitrogens with zero attached hydrogens (tertiary/aromatic N) is 2. The Morgan fingerprint density at radius 1 is 1.13 bits per heavy atom. The van der Waals surface area contributed by atoms with Crippen molar-refractivity contribution in [3.05, 3.63) is 76.7 Å². The smallest absolute Gasteiger partial charge is 0.240 e. The van der Waals surface area contributed by atoms with Crippen molar-refractivity contribution in [1.82, 2.24) is 15.3 Å². The molecule has 0 saturated carbocycles. The van der Waals surface area contributed by atoms with Crippen molar-refractivity contribution in [1.29, 1.82) is 0 Å². The fraction of sp³-hybridized carbons (Fsp3) is 0.345. The van der Waals surface area contributed by atoms with E-state index in [0.29, 0.717) is 17.3 Å². The molecule has 0 unspecified atom stereocenters.